The normalized spacial score (nSPS) is 12.8. The van der Waals surface area contributed by atoms with Gasteiger partial charge in [0.15, 0.2) is 6.61 Å². The van der Waals surface area contributed by atoms with Crippen molar-refractivity contribution in [1.82, 2.24) is 0 Å². The lowest BCUT2D eigenvalue weighted by atomic mass is 10.0. The number of nitrogens with zero attached hydrogens (tertiary/aromatic N) is 2. The lowest BCUT2D eigenvalue weighted by Crippen LogP contribution is -2.32. The first-order valence-corrected chi connectivity index (χ1v) is 10.8. The van der Waals surface area contributed by atoms with E-state index in [0.29, 0.717) is 5.75 Å². The first-order valence-electron chi connectivity index (χ1n) is 10.8. The molecule has 0 unspecified atom stereocenters. The summed E-state index contributed by atoms with van der Waals surface area (Å²) in [6, 6.07) is 26.9. The molecule has 4 rings (SSSR count). The number of carboxylic acid groups (broad SMARTS) is 1. The van der Waals surface area contributed by atoms with Crippen LogP contribution in [0.4, 0.5) is 17.1 Å². The Morgan fingerprint density at radius 3 is 2.26 bits per heavy atom. The molecule has 160 valence electrons. The van der Waals surface area contributed by atoms with Crippen molar-refractivity contribution < 1.29 is 14.6 Å². The average molecular weight is 417 g/mol. The van der Waals surface area contributed by atoms with Gasteiger partial charge in [0.25, 0.3) is 0 Å². The number of para-hydroxylation sites is 2. The molecular weight excluding hydrogens is 388 g/mol. The summed E-state index contributed by atoms with van der Waals surface area (Å²) in [7, 11) is 0. The summed E-state index contributed by atoms with van der Waals surface area (Å²) in [4.78, 5) is 15.7. The fraction of sp³-hybridized carbons (Fsp3) is 0.269. The molecule has 0 atom stereocenters. The molecule has 0 amide bonds. The second-order valence-electron chi connectivity index (χ2n) is 7.70. The Morgan fingerprint density at radius 2 is 1.61 bits per heavy atom. The van der Waals surface area contributed by atoms with Crippen LogP contribution in [0.15, 0.2) is 78.9 Å². The zero-order valence-electron chi connectivity index (χ0n) is 17.6. The van der Waals surface area contributed by atoms with Gasteiger partial charge in [0.05, 0.1) is 0 Å². The lowest BCUT2D eigenvalue weighted by molar-refractivity contribution is -0.139. The third-order valence-electron chi connectivity index (χ3n) is 5.60. The molecule has 5 heteroatoms. The van der Waals surface area contributed by atoms with Gasteiger partial charge in [0.1, 0.15) is 5.75 Å². The second kappa shape index (κ2) is 10.0. The van der Waals surface area contributed by atoms with Gasteiger partial charge in [-0.3, -0.25) is 0 Å². The third-order valence-corrected chi connectivity index (χ3v) is 5.60. The van der Waals surface area contributed by atoms with E-state index < -0.39 is 5.97 Å². The Labute approximate surface area is 183 Å². The molecule has 3 aromatic rings. The van der Waals surface area contributed by atoms with Crippen molar-refractivity contribution >= 4 is 23.0 Å². The number of hydrogen-bond acceptors (Lipinski definition) is 4. The maximum Gasteiger partial charge on any atom is 0.341 e. The summed E-state index contributed by atoms with van der Waals surface area (Å²) < 4.78 is 5.54. The highest BCUT2D eigenvalue weighted by Crippen LogP contribution is 2.34. The van der Waals surface area contributed by atoms with Gasteiger partial charge in [0.2, 0.25) is 0 Å². The standard InChI is InChI=1S/C26H28N2O3/c29-26(30)20-31-25-16-7-15-24-23(25)14-8-17-27(24)18-9-19-28(21-10-3-1-4-11-21)22-12-5-2-6-13-22/h1-7,10-13,15-16H,8-9,14,17-20H2,(H,29,30). The summed E-state index contributed by atoms with van der Waals surface area (Å²) in [6.07, 6.45) is 2.97. The molecule has 0 bridgehead atoms. The van der Waals surface area contributed by atoms with Gasteiger partial charge in [0, 0.05) is 42.3 Å². The first kappa shape index (κ1) is 20.8. The molecule has 0 aliphatic carbocycles. The maximum atomic E-state index is 10.9. The Bertz CT molecular complexity index is 953. The van der Waals surface area contributed by atoms with E-state index in [2.05, 4.69) is 64.4 Å². The minimum atomic E-state index is -0.952. The maximum absolute atomic E-state index is 10.9. The van der Waals surface area contributed by atoms with Gasteiger partial charge in [-0.2, -0.15) is 0 Å². The zero-order chi connectivity index (χ0) is 21.5. The van der Waals surface area contributed by atoms with Gasteiger partial charge in [-0.15, -0.1) is 0 Å². The van der Waals surface area contributed by atoms with Gasteiger partial charge in [-0.25, -0.2) is 4.79 Å². The van der Waals surface area contributed by atoms with Crippen LogP contribution < -0.4 is 14.5 Å². The van der Waals surface area contributed by atoms with Crippen LogP contribution >= 0.6 is 0 Å². The monoisotopic (exact) mass is 416 g/mol. The van der Waals surface area contributed by atoms with E-state index in [1.807, 2.05) is 24.3 Å². The van der Waals surface area contributed by atoms with Gasteiger partial charge in [-0.1, -0.05) is 42.5 Å². The lowest BCUT2D eigenvalue weighted by Gasteiger charge is -2.33. The van der Waals surface area contributed by atoms with Crippen molar-refractivity contribution in [1.29, 1.82) is 0 Å². The van der Waals surface area contributed by atoms with Crippen LogP contribution in [0, 0.1) is 0 Å². The minimum Gasteiger partial charge on any atom is -0.482 e. The van der Waals surface area contributed by atoms with Crippen LogP contribution in [0.2, 0.25) is 0 Å². The molecule has 0 saturated carbocycles. The molecule has 0 fully saturated rings. The van der Waals surface area contributed by atoms with Crippen LogP contribution in [0.5, 0.6) is 5.75 Å². The Kier molecular flexibility index (Phi) is 6.72. The van der Waals surface area contributed by atoms with Crippen LogP contribution in [-0.2, 0) is 11.2 Å². The summed E-state index contributed by atoms with van der Waals surface area (Å²) >= 11 is 0. The predicted octanol–water partition coefficient (Wildman–Crippen LogP) is 5.13. The SMILES string of the molecule is O=C(O)COc1cccc2c1CCCN2CCCN(c1ccccc1)c1ccccc1. The van der Waals surface area contributed by atoms with Gasteiger partial charge in [-0.05, 0) is 55.7 Å². The smallest absolute Gasteiger partial charge is 0.341 e. The molecule has 3 aromatic carbocycles. The Morgan fingerprint density at radius 1 is 0.935 bits per heavy atom. The molecule has 0 saturated heterocycles. The zero-order valence-corrected chi connectivity index (χ0v) is 17.6. The Balaban J connectivity index is 1.46. The van der Waals surface area contributed by atoms with Crippen LogP contribution in [0.3, 0.4) is 0 Å². The second-order valence-corrected chi connectivity index (χ2v) is 7.70. The van der Waals surface area contributed by atoms with E-state index in [0.717, 1.165) is 44.5 Å². The molecule has 1 heterocycles. The van der Waals surface area contributed by atoms with E-state index in [-0.39, 0.29) is 6.61 Å². The van der Waals surface area contributed by atoms with Crippen molar-refractivity contribution in [2.75, 3.05) is 36.0 Å². The van der Waals surface area contributed by atoms with Crippen molar-refractivity contribution in [2.45, 2.75) is 19.3 Å². The van der Waals surface area contributed by atoms with Crippen molar-refractivity contribution in [2.24, 2.45) is 0 Å². The predicted molar refractivity (Wildman–Crippen MR) is 125 cm³/mol. The van der Waals surface area contributed by atoms with Crippen molar-refractivity contribution in [3.05, 3.63) is 84.4 Å². The number of hydrogen-bond donors (Lipinski definition) is 1. The van der Waals surface area contributed by atoms with Gasteiger partial charge < -0.3 is 19.6 Å². The van der Waals surface area contributed by atoms with E-state index >= 15 is 0 Å². The molecule has 0 radical (unpaired) electrons. The number of carbonyl (C=O) groups is 1. The highest BCUT2D eigenvalue weighted by atomic mass is 16.5. The van der Waals surface area contributed by atoms with Crippen LogP contribution in [0.1, 0.15) is 18.4 Å². The third kappa shape index (κ3) is 5.18. The molecule has 1 N–H and O–H groups in total. The highest BCUT2D eigenvalue weighted by molar-refractivity contribution is 5.69. The molecular formula is C26H28N2O3. The van der Waals surface area contributed by atoms with Crippen molar-refractivity contribution in [3.63, 3.8) is 0 Å². The largest absolute Gasteiger partial charge is 0.482 e. The summed E-state index contributed by atoms with van der Waals surface area (Å²) in [5.74, 6) is -0.257. The van der Waals surface area contributed by atoms with Crippen LogP contribution in [-0.4, -0.2) is 37.3 Å². The highest BCUT2D eigenvalue weighted by Gasteiger charge is 2.20. The number of aliphatic carboxylic acids is 1. The summed E-state index contributed by atoms with van der Waals surface area (Å²) in [5, 5.41) is 8.95. The number of ether oxygens (including phenoxy) is 1. The van der Waals surface area contributed by atoms with E-state index in [1.165, 1.54) is 17.1 Å². The average Bonchev–Trinajstić information content (AvgIpc) is 2.81. The molecule has 0 spiro atoms. The van der Waals surface area contributed by atoms with E-state index in [4.69, 9.17) is 9.84 Å². The van der Waals surface area contributed by atoms with Crippen molar-refractivity contribution in [3.8, 4) is 5.75 Å². The molecule has 1 aliphatic rings. The topological polar surface area (TPSA) is 53.0 Å². The van der Waals surface area contributed by atoms with E-state index in [1.54, 1.807) is 0 Å². The van der Waals surface area contributed by atoms with Gasteiger partial charge >= 0.3 is 5.97 Å². The molecule has 31 heavy (non-hydrogen) atoms. The number of rotatable bonds is 9. The molecule has 5 nitrogen and oxygen atoms in total. The number of benzene rings is 3. The number of carboxylic acids is 1. The summed E-state index contributed by atoms with van der Waals surface area (Å²) in [6.45, 7) is 2.55. The number of anilines is 3. The fourth-order valence-corrected chi connectivity index (χ4v) is 4.22. The Hall–Kier alpha value is -3.47. The fourth-order valence-electron chi connectivity index (χ4n) is 4.22. The summed E-state index contributed by atoms with van der Waals surface area (Å²) in [5.41, 5.74) is 4.67. The molecule has 0 aromatic heterocycles. The first-order chi connectivity index (χ1) is 15.2. The molecule has 1 aliphatic heterocycles. The quantitative estimate of drug-likeness (QED) is 0.524. The number of fused-ring (bicyclic) bond motifs is 1. The van der Waals surface area contributed by atoms with E-state index in [9.17, 15) is 4.79 Å². The van der Waals surface area contributed by atoms with Crippen LogP contribution in [0.25, 0.3) is 0 Å². The minimum absolute atomic E-state index is 0.306.